The number of nitrogens with one attached hydrogen (secondary N) is 1. The first-order chi connectivity index (χ1) is 10.8. The first kappa shape index (κ1) is 16.0. The second kappa shape index (κ2) is 8.79. The number of pyridine rings is 1. The van der Waals surface area contributed by atoms with Crippen LogP contribution in [0.4, 0.5) is 5.69 Å². The number of anilines is 1. The average molecular weight is 299 g/mol. The summed E-state index contributed by atoms with van der Waals surface area (Å²) in [6.07, 6.45) is 4.11. The molecule has 0 radical (unpaired) electrons. The van der Waals surface area contributed by atoms with Gasteiger partial charge in [0.1, 0.15) is 0 Å². The molecule has 22 heavy (non-hydrogen) atoms. The second-order valence-corrected chi connectivity index (χ2v) is 4.98. The van der Waals surface area contributed by atoms with Gasteiger partial charge in [0.25, 0.3) is 0 Å². The van der Waals surface area contributed by atoms with E-state index >= 15 is 0 Å². The maximum Gasteiger partial charge on any atom is 0.239 e. The predicted octanol–water partition coefficient (Wildman–Crippen LogP) is 1.59. The van der Waals surface area contributed by atoms with Gasteiger partial charge in [0, 0.05) is 37.8 Å². The molecule has 2 aromatic rings. The Hall–Kier alpha value is -2.40. The highest BCUT2D eigenvalue weighted by atomic mass is 16.3. The maximum absolute atomic E-state index is 12.0. The molecular weight excluding hydrogens is 278 g/mol. The predicted molar refractivity (Wildman–Crippen MR) is 86.4 cm³/mol. The number of carbonyl (C=O) groups is 1. The van der Waals surface area contributed by atoms with Gasteiger partial charge in [-0.25, -0.2) is 0 Å². The van der Waals surface area contributed by atoms with Crippen LogP contribution >= 0.6 is 0 Å². The second-order valence-electron chi connectivity index (χ2n) is 4.98. The van der Waals surface area contributed by atoms with Gasteiger partial charge in [-0.15, -0.1) is 0 Å². The van der Waals surface area contributed by atoms with E-state index in [0.29, 0.717) is 19.5 Å². The molecule has 2 N–H and O–H groups in total. The SMILES string of the molecule is O=C(CN(Cc1cccnc1)c1ccccc1)NCCCO. The van der Waals surface area contributed by atoms with Gasteiger partial charge >= 0.3 is 0 Å². The van der Waals surface area contributed by atoms with Crippen LogP contribution in [0, 0.1) is 0 Å². The van der Waals surface area contributed by atoms with Gasteiger partial charge in [0.05, 0.1) is 6.54 Å². The topological polar surface area (TPSA) is 65.5 Å². The first-order valence-electron chi connectivity index (χ1n) is 7.36. The Kier molecular flexibility index (Phi) is 6.39. The number of benzene rings is 1. The van der Waals surface area contributed by atoms with Crippen LogP contribution in [0.25, 0.3) is 0 Å². The normalized spacial score (nSPS) is 10.2. The van der Waals surface area contributed by atoms with Crippen molar-refractivity contribution in [2.45, 2.75) is 13.0 Å². The van der Waals surface area contributed by atoms with E-state index in [1.165, 1.54) is 0 Å². The molecule has 1 amide bonds. The number of aliphatic hydroxyl groups excluding tert-OH is 1. The zero-order valence-corrected chi connectivity index (χ0v) is 12.5. The lowest BCUT2D eigenvalue weighted by Crippen LogP contribution is -2.37. The summed E-state index contributed by atoms with van der Waals surface area (Å²) in [5.74, 6) is -0.0545. The minimum absolute atomic E-state index is 0.0545. The average Bonchev–Trinajstić information content (AvgIpc) is 2.56. The van der Waals surface area contributed by atoms with E-state index in [0.717, 1.165) is 11.3 Å². The molecule has 5 nitrogen and oxygen atoms in total. The fourth-order valence-corrected chi connectivity index (χ4v) is 2.13. The lowest BCUT2D eigenvalue weighted by Gasteiger charge is -2.24. The molecule has 0 unspecified atom stereocenters. The number of para-hydroxylation sites is 1. The first-order valence-corrected chi connectivity index (χ1v) is 7.36. The summed E-state index contributed by atoms with van der Waals surface area (Å²) in [6, 6.07) is 13.7. The van der Waals surface area contributed by atoms with Gasteiger partial charge in [-0.05, 0) is 30.2 Å². The van der Waals surface area contributed by atoms with Crippen molar-refractivity contribution in [1.82, 2.24) is 10.3 Å². The smallest absolute Gasteiger partial charge is 0.239 e. The molecule has 116 valence electrons. The van der Waals surface area contributed by atoms with Gasteiger partial charge in [-0.1, -0.05) is 24.3 Å². The summed E-state index contributed by atoms with van der Waals surface area (Å²) in [7, 11) is 0. The van der Waals surface area contributed by atoms with E-state index in [2.05, 4.69) is 10.3 Å². The quantitative estimate of drug-likeness (QED) is 0.727. The highest BCUT2D eigenvalue weighted by Crippen LogP contribution is 2.16. The molecule has 1 aromatic carbocycles. The molecule has 0 saturated carbocycles. The van der Waals surface area contributed by atoms with Gasteiger partial charge in [-0.3, -0.25) is 9.78 Å². The third kappa shape index (κ3) is 5.18. The van der Waals surface area contributed by atoms with Crippen LogP contribution in [-0.2, 0) is 11.3 Å². The maximum atomic E-state index is 12.0. The molecule has 0 aliphatic carbocycles. The van der Waals surface area contributed by atoms with E-state index in [4.69, 9.17) is 5.11 Å². The van der Waals surface area contributed by atoms with Crippen molar-refractivity contribution in [2.75, 3.05) is 24.6 Å². The molecule has 0 aliphatic rings. The molecule has 0 bridgehead atoms. The van der Waals surface area contributed by atoms with Crippen LogP contribution in [0.15, 0.2) is 54.9 Å². The van der Waals surface area contributed by atoms with E-state index in [1.54, 1.807) is 12.4 Å². The highest BCUT2D eigenvalue weighted by molar-refractivity contribution is 5.81. The van der Waals surface area contributed by atoms with Crippen LogP contribution in [0.1, 0.15) is 12.0 Å². The molecule has 1 aromatic heterocycles. The van der Waals surface area contributed by atoms with Crippen molar-refractivity contribution in [1.29, 1.82) is 0 Å². The Morgan fingerprint density at radius 2 is 2.00 bits per heavy atom. The molecule has 0 atom stereocenters. The Labute approximate surface area is 130 Å². The summed E-state index contributed by atoms with van der Waals surface area (Å²) >= 11 is 0. The Morgan fingerprint density at radius 1 is 1.18 bits per heavy atom. The summed E-state index contributed by atoms with van der Waals surface area (Å²) in [5, 5.41) is 11.6. The van der Waals surface area contributed by atoms with Crippen LogP contribution in [0.2, 0.25) is 0 Å². The van der Waals surface area contributed by atoms with E-state index in [-0.39, 0.29) is 19.1 Å². The number of nitrogens with zero attached hydrogens (tertiary/aromatic N) is 2. The van der Waals surface area contributed by atoms with Gasteiger partial charge in [-0.2, -0.15) is 0 Å². The third-order valence-electron chi connectivity index (χ3n) is 3.21. The van der Waals surface area contributed by atoms with Gasteiger partial charge in [0.2, 0.25) is 5.91 Å². The summed E-state index contributed by atoms with van der Waals surface area (Å²) in [6.45, 7) is 1.46. The molecule has 2 rings (SSSR count). The van der Waals surface area contributed by atoms with Crippen molar-refractivity contribution in [3.63, 3.8) is 0 Å². The van der Waals surface area contributed by atoms with Crippen LogP contribution in [-0.4, -0.2) is 35.7 Å². The molecule has 1 heterocycles. The number of hydrogen-bond acceptors (Lipinski definition) is 4. The fourth-order valence-electron chi connectivity index (χ4n) is 2.13. The highest BCUT2D eigenvalue weighted by Gasteiger charge is 2.12. The lowest BCUT2D eigenvalue weighted by atomic mass is 10.2. The minimum atomic E-state index is -0.0545. The van der Waals surface area contributed by atoms with Crippen LogP contribution in [0.3, 0.4) is 0 Å². The van der Waals surface area contributed by atoms with Gasteiger partial charge < -0.3 is 15.3 Å². The number of carbonyl (C=O) groups excluding carboxylic acids is 1. The van der Waals surface area contributed by atoms with Crippen molar-refractivity contribution in [3.8, 4) is 0 Å². The zero-order chi connectivity index (χ0) is 15.6. The number of amides is 1. The monoisotopic (exact) mass is 299 g/mol. The summed E-state index contributed by atoms with van der Waals surface area (Å²) in [5.41, 5.74) is 2.04. The molecule has 0 spiro atoms. The number of aromatic nitrogens is 1. The molecule has 5 heteroatoms. The van der Waals surface area contributed by atoms with Crippen molar-refractivity contribution >= 4 is 11.6 Å². The fraction of sp³-hybridized carbons (Fsp3) is 0.294. The molecule has 0 fully saturated rings. The summed E-state index contributed by atoms with van der Waals surface area (Å²) in [4.78, 5) is 18.2. The van der Waals surface area contributed by atoms with E-state index < -0.39 is 0 Å². The standard InChI is InChI=1S/C17H21N3O2/c21-11-5-10-19-17(22)14-20(16-7-2-1-3-8-16)13-15-6-4-9-18-12-15/h1-4,6-9,12,21H,5,10-11,13-14H2,(H,19,22). The van der Waals surface area contributed by atoms with Gasteiger partial charge in [0.15, 0.2) is 0 Å². The van der Waals surface area contributed by atoms with Crippen LogP contribution < -0.4 is 10.2 Å². The van der Waals surface area contributed by atoms with Crippen molar-refractivity contribution in [2.24, 2.45) is 0 Å². The lowest BCUT2D eigenvalue weighted by molar-refractivity contribution is -0.119. The minimum Gasteiger partial charge on any atom is -0.396 e. The Bertz CT molecular complexity index is 561. The van der Waals surface area contributed by atoms with Crippen molar-refractivity contribution < 1.29 is 9.90 Å². The van der Waals surface area contributed by atoms with Crippen molar-refractivity contribution in [3.05, 3.63) is 60.4 Å². The molecule has 0 saturated heterocycles. The largest absolute Gasteiger partial charge is 0.396 e. The summed E-state index contributed by atoms with van der Waals surface area (Å²) < 4.78 is 0. The molecular formula is C17H21N3O2. The zero-order valence-electron chi connectivity index (χ0n) is 12.5. The van der Waals surface area contributed by atoms with Crippen LogP contribution in [0.5, 0.6) is 0 Å². The molecule has 0 aliphatic heterocycles. The Balaban J connectivity index is 2.04. The Morgan fingerprint density at radius 3 is 2.68 bits per heavy atom. The number of aliphatic hydroxyl groups is 1. The number of rotatable bonds is 8. The van der Waals surface area contributed by atoms with E-state index in [9.17, 15) is 4.79 Å². The number of hydrogen-bond donors (Lipinski definition) is 2. The van der Waals surface area contributed by atoms with E-state index in [1.807, 2.05) is 47.4 Å². The third-order valence-corrected chi connectivity index (χ3v) is 3.21.